The molecule has 2 aromatic heterocycles. The van der Waals surface area contributed by atoms with Crippen LogP contribution in [0.1, 0.15) is 0 Å². The van der Waals surface area contributed by atoms with Gasteiger partial charge in [0.25, 0.3) is 0 Å². The van der Waals surface area contributed by atoms with Gasteiger partial charge in [-0.1, -0.05) is 6.07 Å². The van der Waals surface area contributed by atoms with Gasteiger partial charge in [0.2, 0.25) is 0 Å². The van der Waals surface area contributed by atoms with Gasteiger partial charge in [0.05, 0.1) is 18.6 Å². The van der Waals surface area contributed by atoms with Gasteiger partial charge >= 0.3 is 5.82 Å². The fourth-order valence-corrected chi connectivity index (χ4v) is 0.976. The van der Waals surface area contributed by atoms with Crippen molar-refractivity contribution >= 4 is 0 Å². The lowest BCUT2D eigenvalue weighted by molar-refractivity contribution is -0.599. The maximum atomic E-state index is 4.15. The van der Waals surface area contributed by atoms with Crippen LogP contribution in [0.2, 0.25) is 0 Å². The third-order valence-electron chi connectivity index (χ3n) is 1.53. The molecule has 0 fully saturated rings. The predicted octanol–water partition coefficient (Wildman–Crippen LogP) is 0.753. The number of hydrogen-bond acceptors (Lipinski definition) is 2. The molecule has 0 bridgehead atoms. The van der Waals surface area contributed by atoms with Crippen LogP contribution in [0, 0.1) is 0 Å². The van der Waals surface area contributed by atoms with Crippen molar-refractivity contribution in [2.45, 2.75) is 0 Å². The molecule has 0 unspecified atom stereocenters. The summed E-state index contributed by atoms with van der Waals surface area (Å²) in [4.78, 5) is 8.13. The van der Waals surface area contributed by atoms with Crippen LogP contribution in [-0.4, -0.2) is 9.97 Å². The molecule has 2 rings (SSSR count). The lowest BCUT2D eigenvalue weighted by Crippen LogP contribution is -2.30. The molecule has 58 valence electrons. The van der Waals surface area contributed by atoms with Gasteiger partial charge < -0.3 is 0 Å². The minimum atomic E-state index is 0.832. The van der Waals surface area contributed by atoms with E-state index in [9.17, 15) is 0 Å². The van der Waals surface area contributed by atoms with Crippen molar-refractivity contribution in [1.82, 2.24) is 9.97 Å². The Morgan fingerprint density at radius 1 is 1.00 bits per heavy atom. The summed E-state index contributed by atoms with van der Waals surface area (Å²) in [6.07, 6.45) is 8.93. The Kier molecular flexibility index (Phi) is 1.78. The summed E-state index contributed by atoms with van der Waals surface area (Å²) in [6.45, 7) is 0. The first-order valence-corrected chi connectivity index (χ1v) is 3.69. The SMILES string of the molecule is c1cc[n+](-c2cnccn2)cc1. The fourth-order valence-electron chi connectivity index (χ4n) is 0.976. The summed E-state index contributed by atoms with van der Waals surface area (Å²) >= 11 is 0. The minimum Gasteiger partial charge on any atom is -0.252 e. The number of aromatic nitrogens is 3. The molecule has 0 saturated heterocycles. The Morgan fingerprint density at radius 2 is 1.83 bits per heavy atom. The zero-order valence-electron chi connectivity index (χ0n) is 6.46. The van der Waals surface area contributed by atoms with E-state index < -0.39 is 0 Å². The molecular weight excluding hydrogens is 150 g/mol. The minimum absolute atomic E-state index is 0.832. The van der Waals surface area contributed by atoms with E-state index in [4.69, 9.17) is 0 Å². The Balaban J connectivity index is 2.46. The zero-order chi connectivity index (χ0) is 8.23. The second-order valence-corrected chi connectivity index (χ2v) is 2.35. The average Bonchev–Trinajstić information content (AvgIpc) is 2.21. The largest absolute Gasteiger partial charge is 0.345 e. The molecule has 2 heterocycles. The van der Waals surface area contributed by atoms with E-state index in [0.29, 0.717) is 0 Å². The molecule has 3 heteroatoms. The summed E-state index contributed by atoms with van der Waals surface area (Å²) in [5.74, 6) is 0.832. The lowest BCUT2D eigenvalue weighted by Gasteiger charge is -1.91. The van der Waals surface area contributed by atoms with Crippen molar-refractivity contribution in [1.29, 1.82) is 0 Å². The third kappa shape index (κ3) is 1.29. The van der Waals surface area contributed by atoms with Gasteiger partial charge in [-0.15, -0.1) is 0 Å². The highest BCUT2D eigenvalue weighted by molar-refractivity contribution is 5.02. The lowest BCUT2D eigenvalue weighted by atomic mass is 10.5. The molecule has 12 heavy (non-hydrogen) atoms. The standard InChI is InChI=1S/C9H8N3/c1-2-6-12(7-3-1)9-8-10-4-5-11-9/h1-8H/q+1. The van der Waals surface area contributed by atoms with Crippen LogP contribution >= 0.6 is 0 Å². The summed E-state index contributed by atoms with van der Waals surface area (Å²) in [6, 6.07) is 5.87. The number of hydrogen-bond donors (Lipinski definition) is 0. The predicted molar refractivity (Wildman–Crippen MR) is 43.6 cm³/mol. The van der Waals surface area contributed by atoms with Crippen molar-refractivity contribution in [3.8, 4) is 5.82 Å². The third-order valence-corrected chi connectivity index (χ3v) is 1.53. The van der Waals surface area contributed by atoms with Crippen LogP contribution < -0.4 is 4.57 Å². The highest BCUT2D eigenvalue weighted by Crippen LogP contribution is 1.88. The van der Waals surface area contributed by atoms with E-state index in [2.05, 4.69) is 9.97 Å². The zero-order valence-corrected chi connectivity index (χ0v) is 6.46. The fraction of sp³-hybridized carbons (Fsp3) is 0. The normalized spacial score (nSPS) is 9.67. The first kappa shape index (κ1) is 6.91. The number of rotatable bonds is 1. The molecule has 0 radical (unpaired) electrons. The van der Waals surface area contributed by atoms with Gasteiger partial charge in [-0.25, -0.2) is 4.57 Å². The van der Waals surface area contributed by atoms with E-state index in [0.717, 1.165) is 5.82 Å². The molecule has 0 aliphatic heterocycles. The monoisotopic (exact) mass is 158 g/mol. The molecule has 0 aliphatic carbocycles. The van der Waals surface area contributed by atoms with Gasteiger partial charge in [-0.2, -0.15) is 0 Å². The van der Waals surface area contributed by atoms with Crippen LogP contribution in [0.5, 0.6) is 0 Å². The summed E-state index contributed by atoms with van der Waals surface area (Å²) in [5.41, 5.74) is 0. The Morgan fingerprint density at radius 3 is 2.50 bits per heavy atom. The van der Waals surface area contributed by atoms with Crippen molar-refractivity contribution < 1.29 is 4.57 Å². The topological polar surface area (TPSA) is 29.7 Å². The maximum absolute atomic E-state index is 4.15. The molecule has 0 amide bonds. The van der Waals surface area contributed by atoms with E-state index >= 15 is 0 Å². The molecule has 0 atom stereocenters. The van der Waals surface area contributed by atoms with Crippen molar-refractivity contribution in [2.24, 2.45) is 0 Å². The molecule has 0 aromatic carbocycles. The number of pyridine rings is 1. The van der Waals surface area contributed by atoms with Crippen LogP contribution in [0.15, 0.2) is 49.2 Å². The van der Waals surface area contributed by atoms with E-state index in [1.165, 1.54) is 0 Å². The molecule has 3 nitrogen and oxygen atoms in total. The summed E-state index contributed by atoms with van der Waals surface area (Å²) in [7, 11) is 0. The summed E-state index contributed by atoms with van der Waals surface area (Å²) in [5, 5.41) is 0. The van der Waals surface area contributed by atoms with E-state index in [-0.39, 0.29) is 0 Å². The van der Waals surface area contributed by atoms with Crippen molar-refractivity contribution in [2.75, 3.05) is 0 Å². The Bertz CT molecular complexity index is 307. The molecule has 0 aliphatic rings. The van der Waals surface area contributed by atoms with Crippen LogP contribution in [0.25, 0.3) is 5.82 Å². The average molecular weight is 158 g/mol. The summed E-state index contributed by atoms with van der Waals surface area (Å²) < 4.78 is 1.91. The second kappa shape index (κ2) is 3.09. The van der Waals surface area contributed by atoms with Gasteiger partial charge in [-0.05, 0) is 17.1 Å². The van der Waals surface area contributed by atoms with Crippen LogP contribution in [0.4, 0.5) is 0 Å². The Hall–Kier alpha value is -1.77. The highest BCUT2D eigenvalue weighted by Gasteiger charge is 2.02. The molecule has 2 aromatic rings. The quantitative estimate of drug-likeness (QED) is 0.573. The van der Waals surface area contributed by atoms with Crippen molar-refractivity contribution in [3.05, 3.63) is 49.2 Å². The molecule has 0 N–H and O–H groups in total. The van der Waals surface area contributed by atoms with Crippen LogP contribution in [-0.2, 0) is 0 Å². The van der Waals surface area contributed by atoms with E-state index in [1.807, 2.05) is 35.2 Å². The second-order valence-electron chi connectivity index (χ2n) is 2.35. The first-order valence-electron chi connectivity index (χ1n) is 3.69. The van der Waals surface area contributed by atoms with Crippen LogP contribution in [0.3, 0.4) is 0 Å². The maximum Gasteiger partial charge on any atom is 0.345 e. The van der Waals surface area contributed by atoms with Gasteiger partial charge in [0, 0.05) is 0 Å². The molecular formula is C9H8N3+. The Labute approximate surface area is 70.4 Å². The smallest absolute Gasteiger partial charge is 0.252 e. The van der Waals surface area contributed by atoms with Gasteiger partial charge in [-0.3, -0.25) is 4.98 Å². The van der Waals surface area contributed by atoms with Crippen molar-refractivity contribution in [3.63, 3.8) is 0 Å². The highest BCUT2D eigenvalue weighted by atomic mass is 15.0. The molecule has 0 spiro atoms. The van der Waals surface area contributed by atoms with Gasteiger partial charge in [0.1, 0.15) is 6.20 Å². The number of nitrogens with zero attached hydrogens (tertiary/aromatic N) is 3. The molecule has 0 saturated carbocycles. The van der Waals surface area contributed by atoms with Gasteiger partial charge in [0.15, 0.2) is 6.20 Å². The van der Waals surface area contributed by atoms with E-state index in [1.54, 1.807) is 18.6 Å². The first-order chi connectivity index (χ1) is 5.97.